The summed E-state index contributed by atoms with van der Waals surface area (Å²) < 4.78 is 5.08. The summed E-state index contributed by atoms with van der Waals surface area (Å²) in [6.45, 7) is 1.71. The smallest absolute Gasteiger partial charge is 0.0587 e. The lowest BCUT2D eigenvalue weighted by atomic mass is 10.0. The summed E-state index contributed by atoms with van der Waals surface area (Å²) in [6.07, 6.45) is 2.51. The molecule has 1 aliphatic heterocycles. The lowest BCUT2D eigenvalue weighted by Crippen LogP contribution is -2.25. The van der Waals surface area contributed by atoms with E-state index in [1.165, 1.54) is 29.1 Å². The van der Waals surface area contributed by atoms with Crippen LogP contribution in [0.3, 0.4) is 0 Å². The highest BCUT2D eigenvalue weighted by molar-refractivity contribution is 7.99. The van der Waals surface area contributed by atoms with Crippen LogP contribution >= 0.6 is 11.8 Å². The van der Waals surface area contributed by atoms with Crippen LogP contribution in [0.15, 0.2) is 29.2 Å². The number of methoxy groups -OCH3 is 1. The van der Waals surface area contributed by atoms with E-state index in [9.17, 15) is 0 Å². The highest BCUT2D eigenvalue weighted by Crippen LogP contribution is 2.34. The van der Waals surface area contributed by atoms with Gasteiger partial charge < -0.3 is 10.1 Å². The summed E-state index contributed by atoms with van der Waals surface area (Å²) in [5, 5.41) is 3.58. The van der Waals surface area contributed by atoms with Gasteiger partial charge >= 0.3 is 0 Å². The molecule has 2 rings (SSSR count). The Kier molecular flexibility index (Phi) is 4.69. The maximum atomic E-state index is 5.08. The second-order valence-corrected chi connectivity index (χ2v) is 5.16. The molecule has 16 heavy (non-hydrogen) atoms. The van der Waals surface area contributed by atoms with Crippen molar-refractivity contribution in [3.05, 3.63) is 29.8 Å². The first-order valence-electron chi connectivity index (χ1n) is 5.86. The topological polar surface area (TPSA) is 21.3 Å². The highest BCUT2D eigenvalue weighted by atomic mass is 32.2. The zero-order valence-electron chi connectivity index (χ0n) is 9.74. The molecule has 3 heteroatoms. The number of rotatable bonds is 4. The molecule has 1 aliphatic rings. The fourth-order valence-electron chi connectivity index (χ4n) is 2.07. The number of thioether (sulfide) groups is 1. The molecule has 2 nitrogen and oxygen atoms in total. The highest BCUT2D eigenvalue weighted by Gasteiger charge is 2.17. The molecule has 0 amide bonds. The van der Waals surface area contributed by atoms with Crippen molar-refractivity contribution in [3.63, 3.8) is 0 Å². The molecule has 0 saturated heterocycles. The van der Waals surface area contributed by atoms with Crippen LogP contribution in [0.5, 0.6) is 0 Å². The molecule has 0 bridgehead atoms. The first-order chi connectivity index (χ1) is 7.92. The molecule has 0 aromatic heterocycles. The standard InChI is InChI=1S/C13H19NOS/c1-15-9-8-14-12-6-4-10-16-13-7-3-2-5-11(12)13/h2-3,5,7,12,14H,4,6,8-10H2,1H3/t12-/m1/s1. The quantitative estimate of drug-likeness (QED) is 0.814. The first kappa shape index (κ1) is 12.0. The Hall–Kier alpha value is -0.510. The molecule has 1 N–H and O–H groups in total. The lowest BCUT2D eigenvalue weighted by molar-refractivity contribution is 0.195. The molecule has 1 aromatic carbocycles. The predicted octanol–water partition coefficient (Wildman–Crippen LogP) is 2.85. The van der Waals surface area contributed by atoms with Gasteiger partial charge in [0.1, 0.15) is 0 Å². The maximum Gasteiger partial charge on any atom is 0.0587 e. The Morgan fingerprint density at radius 3 is 3.19 bits per heavy atom. The molecule has 0 unspecified atom stereocenters. The van der Waals surface area contributed by atoms with E-state index in [1.54, 1.807) is 7.11 Å². The summed E-state index contributed by atoms with van der Waals surface area (Å²) in [5.74, 6) is 1.24. The Morgan fingerprint density at radius 2 is 2.31 bits per heavy atom. The fourth-order valence-corrected chi connectivity index (χ4v) is 3.15. The van der Waals surface area contributed by atoms with Crippen LogP contribution in [-0.2, 0) is 4.74 Å². The van der Waals surface area contributed by atoms with Gasteiger partial charge in [0.25, 0.3) is 0 Å². The van der Waals surface area contributed by atoms with Crippen molar-refractivity contribution in [3.8, 4) is 0 Å². The van der Waals surface area contributed by atoms with Crippen molar-refractivity contribution in [2.24, 2.45) is 0 Å². The lowest BCUT2D eigenvalue weighted by Gasteiger charge is -2.18. The van der Waals surface area contributed by atoms with Crippen molar-refractivity contribution >= 4 is 11.8 Å². The minimum Gasteiger partial charge on any atom is -0.383 e. The van der Waals surface area contributed by atoms with Gasteiger partial charge in [0.05, 0.1) is 6.61 Å². The van der Waals surface area contributed by atoms with E-state index in [-0.39, 0.29) is 0 Å². The van der Waals surface area contributed by atoms with Crippen molar-refractivity contribution in [2.75, 3.05) is 26.0 Å². The molecular weight excluding hydrogens is 218 g/mol. The molecule has 1 atom stereocenters. The van der Waals surface area contributed by atoms with Crippen LogP contribution in [0, 0.1) is 0 Å². The zero-order chi connectivity index (χ0) is 11.2. The predicted molar refractivity (Wildman–Crippen MR) is 69.0 cm³/mol. The Labute approximate surface area is 102 Å². The Morgan fingerprint density at radius 1 is 1.44 bits per heavy atom. The first-order valence-corrected chi connectivity index (χ1v) is 6.84. The van der Waals surface area contributed by atoms with Gasteiger partial charge in [0.15, 0.2) is 0 Å². The molecule has 0 spiro atoms. The van der Waals surface area contributed by atoms with Gasteiger partial charge in [-0.1, -0.05) is 18.2 Å². The SMILES string of the molecule is COCCN[C@@H]1CCCSc2ccccc21. The second-order valence-electron chi connectivity index (χ2n) is 4.03. The Bertz CT molecular complexity index is 329. The average molecular weight is 237 g/mol. The fraction of sp³-hybridized carbons (Fsp3) is 0.538. The van der Waals surface area contributed by atoms with Crippen molar-refractivity contribution in [1.82, 2.24) is 5.32 Å². The van der Waals surface area contributed by atoms with Gasteiger partial charge in [-0.2, -0.15) is 0 Å². The molecule has 0 radical (unpaired) electrons. The average Bonchev–Trinajstić information content (AvgIpc) is 2.52. The summed E-state index contributed by atoms with van der Waals surface area (Å²) in [5.41, 5.74) is 1.46. The molecule has 0 aliphatic carbocycles. The second kappa shape index (κ2) is 6.28. The summed E-state index contributed by atoms with van der Waals surface area (Å²) in [6, 6.07) is 9.24. The largest absolute Gasteiger partial charge is 0.383 e. The minimum atomic E-state index is 0.501. The van der Waals surface area contributed by atoms with Crippen LogP contribution < -0.4 is 5.32 Å². The monoisotopic (exact) mass is 237 g/mol. The van der Waals surface area contributed by atoms with E-state index >= 15 is 0 Å². The van der Waals surface area contributed by atoms with E-state index in [4.69, 9.17) is 4.74 Å². The van der Waals surface area contributed by atoms with E-state index in [0.717, 1.165) is 13.2 Å². The van der Waals surface area contributed by atoms with E-state index in [0.29, 0.717) is 6.04 Å². The van der Waals surface area contributed by atoms with Crippen LogP contribution in [-0.4, -0.2) is 26.0 Å². The number of ether oxygens (including phenoxy) is 1. The van der Waals surface area contributed by atoms with Gasteiger partial charge in [-0.05, 0) is 30.2 Å². The number of benzene rings is 1. The van der Waals surface area contributed by atoms with Gasteiger partial charge in [0.2, 0.25) is 0 Å². The van der Waals surface area contributed by atoms with Gasteiger partial charge in [-0.25, -0.2) is 0 Å². The van der Waals surface area contributed by atoms with E-state index in [2.05, 4.69) is 29.6 Å². The third-order valence-corrected chi connectivity index (χ3v) is 4.06. The van der Waals surface area contributed by atoms with Gasteiger partial charge in [-0.15, -0.1) is 11.8 Å². The summed E-state index contributed by atoms with van der Waals surface area (Å²) in [4.78, 5) is 1.44. The Balaban J connectivity index is 2.06. The number of fused-ring (bicyclic) bond motifs is 1. The number of nitrogens with one attached hydrogen (secondary N) is 1. The van der Waals surface area contributed by atoms with Gasteiger partial charge in [-0.3, -0.25) is 0 Å². The van der Waals surface area contributed by atoms with Crippen molar-refractivity contribution in [1.29, 1.82) is 0 Å². The molecular formula is C13H19NOS. The van der Waals surface area contributed by atoms with E-state index < -0.39 is 0 Å². The van der Waals surface area contributed by atoms with Crippen LogP contribution in [0.1, 0.15) is 24.4 Å². The molecule has 0 saturated carbocycles. The van der Waals surface area contributed by atoms with Crippen molar-refractivity contribution in [2.45, 2.75) is 23.8 Å². The van der Waals surface area contributed by atoms with Gasteiger partial charge in [0, 0.05) is 24.6 Å². The van der Waals surface area contributed by atoms with E-state index in [1.807, 2.05) is 11.8 Å². The summed E-state index contributed by atoms with van der Waals surface area (Å²) >= 11 is 1.98. The van der Waals surface area contributed by atoms with Crippen LogP contribution in [0.25, 0.3) is 0 Å². The number of hydrogen-bond donors (Lipinski definition) is 1. The zero-order valence-corrected chi connectivity index (χ0v) is 10.6. The third-order valence-electron chi connectivity index (χ3n) is 2.89. The molecule has 1 heterocycles. The molecule has 88 valence electrons. The normalized spacial score (nSPS) is 20.2. The maximum absolute atomic E-state index is 5.08. The molecule has 1 aromatic rings. The van der Waals surface area contributed by atoms with Crippen molar-refractivity contribution < 1.29 is 4.74 Å². The third kappa shape index (κ3) is 3.00. The van der Waals surface area contributed by atoms with Crippen LogP contribution in [0.2, 0.25) is 0 Å². The minimum absolute atomic E-state index is 0.501. The molecule has 0 fully saturated rings. The van der Waals surface area contributed by atoms with Crippen LogP contribution in [0.4, 0.5) is 0 Å². The summed E-state index contributed by atoms with van der Waals surface area (Å²) in [7, 11) is 1.75. The number of hydrogen-bond acceptors (Lipinski definition) is 3.